The molecule has 13 heavy (non-hydrogen) atoms. The fourth-order valence-electron chi connectivity index (χ4n) is 2.34. The van der Waals surface area contributed by atoms with E-state index in [-0.39, 0.29) is 0 Å². The van der Waals surface area contributed by atoms with Crippen LogP contribution in [-0.2, 0) is 0 Å². The van der Waals surface area contributed by atoms with Crippen LogP contribution in [0.2, 0.25) is 0 Å². The molecule has 78 valence electrons. The second-order valence-corrected chi connectivity index (χ2v) is 4.02. The molecular formula is C11H23NO. The first-order valence-corrected chi connectivity index (χ1v) is 5.68. The Balaban J connectivity index is 2.28. The van der Waals surface area contributed by atoms with Crippen LogP contribution < -0.4 is 0 Å². The summed E-state index contributed by atoms with van der Waals surface area (Å²) in [5, 5.41) is 8.78. The van der Waals surface area contributed by atoms with Crippen molar-refractivity contribution in [3.63, 3.8) is 0 Å². The minimum Gasteiger partial charge on any atom is -0.396 e. The summed E-state index contributed by atoms with van der Waals surface area (Å²) in [6, 6.07) is 0.821. The molecule has 0 aromatic rings. The molecule has 2 heteroatoms. The van der Waals surface area contributed by atoms with E-state index in [4.69, 9.17) is 5.11 Å². The molecule has 0 bridgehead atoms. The lowest BCUT2D eigenvalue weighted by molar-refractivity contribution is 0.0589. The van der Waals surface area contributed by atoms with Gasteiger partial charge in [0.2, 0.25) is 0 Å². The molecule has 1 rings (SSSR count). The highest BCUT2D eigenvalue weighted by atomic mass is 16.3. The Bertz CT molecular complexity index is 136. The summed E-state index contributed by atoms with van der Waals surface area (Å²) in [6.45, 7) is 7.06. The van der Waals surface area contributed by atoms with Gasteiger partial charge in [-0.2, -0.15) is 0 Å². The zero-order chi connectivity index (χ0) is 9.68. The van der Waals surface area contributed by atoms with Crippen LogP contribution >= 0.6 is 0 Å². The summed E-state index contributed by atoms with van der Waals surface area (Å²) >= 11 is 0. The molecule has 0 saturated heterocycles. The van der Waals surface area contributed by atoms with Crippen LogP contribution in [0.5, 0.6) is 0 Å². The number of aliphatic hydroxyl groups excluding tert-OH is 1. The van der Waals surface area contributed by atoms with E-state index in [0.29, 0.717) is 6.61 Å². The number of aliphatic hydroxyl groups is 1. The summed E-state index contributed by atoms with van der Waals surface area (Å²) in [6.07, 6.45) is 5.04. The van der Waals surface area contributed by atoms with Gasteiger partial charge in [0.25, 0.3) is 0 Å². The first-order chi connectivity index (χ1) is 6.33. The summed E-state index contributed by atoms with van der Waals surface area (Å²) < 4.78 is 0. The first-order valence-electron chi connectivity index (χ1n) is 5.68. The molecule has 0 radical (unpaired) electrons. The molecule has 0 amide bonds. The molecule has 2 unspecified atom stereocenters. The summed E-state index contributed by atoms with van der Waals surface area (Å²) in [4.78, 5) is 2.54. The van der Waals surface area contributed by atoms with Crippen LogP contribution in [-0.4, -0.2) is 35.7 Å². The highest BCUT2D eigenvalue weighted by Gasteiger charge is 2.32. The molecule has 1 N–H and O–H groups in total. The van der Waals surface area contributed by atoms with E-state index in [1.54, 1.807) is 0 Å². The standard InChI is InChI=1S/C11H23NO/c1-3-10-6-7-11(10)12(4-2)8-5-9-13/h10-11,13H,3-9H2,1-2H3. The lowest BCUT2D eigenvalue weighted by Crippen LogP contribution is -2.47. The topological polar surface area (TPSA) is 23.5 Å². The Hall–Kier alpha value is -0.0800. The quantitative estimate of drug-likeness (QED) is 0.683. The highest BCUT2D eigenvalue weighted by molar-refractivity contribution is 4.87. The van der Waals surface area contributed by atoms with E-state index in [9.17, 15) is 0 Å². The lowest BCUT2D eigenvalue weighted by atomic mass is 9.77. The van der Waals surface area contributed by atoms with Crippen LogP contribution in [0.3, 0.4) is 0 Å². The average molecular weight is 185 g/mol. The fourth-order valence-corrected chi connectivity index (χ4v) is 2.34. The molecule has 0 aliphatic heterocycles. The van der Waals surface area contributed by atoms with Gasteiger partial charge in [0.15, 0.2) is 0 Å². The maximum absolute atomic E-state index is 8.78. The van der Waals surface area contributed by atoms with Crippen molar-refractivity contribution in [1.29, 1.82) is 0 Å². The van der Waals surface area contributed by atoms with Crippen molar-refractivity contribution < 1.29 is 5.11 Å². The molecule has 0 heterocycles. The number of nitrogens with zero attached hydrogens (tertiary/aromatic N) is 1. The molecule has 1 fully saturated rings. The molecule has 0 aromatic heterocycles. The molecule has 0 spiro atoms. The second-order valence-electron chi connectivity index (χ2n) is 4.02. The Morgan fingerprint density at radius 3 is 2.46 bits per heavy atom. The van der Waals surface area contributed by atoms with E-state index in [1.807, 2.05) is 0 Å². The van der Waals surface area contributed by atoms with Crippen LogP contribution in [0.15, 0.2) is 0 Å². The van der Waals surface area contributed by atoms with E-state index in [2.05, 4.69) is 18.7 Å². The zero-order valence-corrected chi connectivity index (χ0v) is 9.00. The molecule has 0 aromatic carbocycles. The smallest absolute Gasteiger partial charge is 0.0443 e. The minimum absolute atomic E-state index is 0.333. The Morgan fingerprint density at radius 1 is 1.31 bits per heavy atom. The van der Waals surface area contributed by atoms with Crippen LogP contribution in [0.1, 0.15) is 39.5 Å². The van der Waals surface area contributed by atoms with Crippen molar-refractivity contribution in [2.45, 2.75) is 45.6 Å². The molecule has 1 saturated carbocycles. The van der Waals surface area contributed by atoms with Gasteiger partial charge in [0.1, 0.15) is 0 Å². The number of rotatable bonds is 6. The Kier molecular flexibility index (Phi) is 4.74. The SMILES string of the molecule is CCC1CCC1N(CC)CCCO. The summed E-state index contributed by atoms with van der Waals surface area (Å²) in [5.41, 5.74) is 0. The zero-order valence-electron chi connectivity index (χ0n) is 9.00. The van der Waals surface area contributed by atoms with Gasteiger partial charge in [0, 0.05) is 19.2 Å². The van der Waals surface area contributed by atoms with Crippen molar-refractivity contribution in [3.8, 4) is 0 Å². The predicted octanol–water partition coefficient (Wildman–Crippen LogP) is 1.88. The van der Waals surface area contributed by atoms with Crippen molar-refractivity contribution in [2.24, 2.45) is 5.92 Å². The van der Waals surface area contributed by atoms with Gasteiger partial charge < -0.3 is 10.0 Å². The van der Waals surface area contributed by atoms with Crippen LogP contribution in [0, 0.1) is 5.92 Å². The third kappa shape index (κ3) is 2.68. The van der Waals surface area contributed by atoms with Gasteiger partial charge in [-0.05, 0) is 31.7 Å². The van der Waals surface area contributed by atoms with E-state index in [0.717, 1.165) is 31.5 Å². The van der Waals surface area contributed by atoms with Crippen molar-refractivity contribution >= 4 is 0 Å². The van der Waals surface area contributed by atoms with Gasteiger partial charge in [-0.15, -0.1) is 0 Å². The normalized spacial score (nSPS) is 27.7. The maximum atomic E-state index is 8.78. The van der Waals surface area contributed by atoms with Crippen molar-refractivity contribution in [1.82, 2.24) is 4.90 Å². The second kappa shape index (κ2) is 5.61. The van der Waals surface area contributed by atoms with Crippen LogP contribution in [0.4, 0.5) is 0 Å². The highest BCUT2D eigenvalue weighted by Crippen LogP contribution is 2.34. The van der Waals surface area contributed by atoms with Gasteiger partial charge in [-0.1, -0.05) is 20.3 Å². The molecule has 2 nitrogen and oxygen atoms in total. The van der Waals surface area contributed by atoms with Gasteiger partial charge in [0.05, 0.1) is 0 Å². The number of hydrogen-bond donors (Lipinski definition) is 1. The van der Waals surface area contributed by atoms with Crippen molar-refractivity contribution in [3.05, 3.63) is 0 Å². The van der Waals surface area contributed by atoms with Crippen LogP contribution in [0.25, 0.3) is 0 Å². The summed E-state index contributed by atoms with van der Waals surface area (Å²) in [5.74, 6) is 0.929. The molecular weight excluding hydrogens is 162 g/mol. The summed E-state index contributed by atoms with van der Waals surface area (Å²) in [7, 11) is 0. The van der Waals surface area contributed by atoms with Gasteiger partial charge in [-0.3, -0.25) is 0 Å². The van der Waals surface area contributed by atoms with E-state index in [1.165, 1.54) is 19.3 Å². The van der Waals surface area contributed by atoms with Gasteiger partial charge in [-0.25, -0.2) is 0 Å². The maximum Gasteiger partial charge on any atom is 0.0443 e. The monoisotopic (exact) mass is 185 g/mol. The van der Waals surface area contributed by atoms with E-state index < -0.39 is 0 Å². The molecule has 2 atom stereocenters. The predicted molar refractivity (Wildman–Crippen MR) is 55.8 cm³/mol. The van der Waals surface area contributed by atoms with Crippen molar-refractivity contribution in [2.75, 3.05) is 19.7 Å². The Morgan fingerprint density at radius 2 is 2.08 bits per heavy atom. The third-order valence-electron chi connectivity index (χ3n) is 3.38. The fraction of sp³-hybridized carbons (Fsp3) is 1.00. The largest absolute Gasteiger partial charge is 0.396 e. The minimum atomic E-state index is 0.333. The number of hydrogen-bond acceptors (Lipinski definition) is 2. The Labute approximate surface area is 81.9 Å². The van der Waals surface area contributed by atoms with E-state index >= 15 is 0 Å². The molecule has 1 aliphatic carbocycles. The lowest BCUT2D eigenvalue weighted by Gasteiger charge is -2.44. The molecule has 1 aliphatic rings. The average Bonchev–Trinajstić information content (AvgIpc) is 2.10. The van der Waals surface area contributed by atoms with Gasteiger partial charge >= 0.3 is 0 Å². The third-order valence-corrected chi connectivity index (χ3v) is 3.38. The first kappa shape index (κ1) is 11.0.